The summed E-state index contributed by atoms with van der Waals surface area (Å²) < 4.78 is 6.77. The standard InChI is InChI=1S/C9H14N2O3.HI/c1-4-8-9(13-2)7(10-12)5-6-11(8)14-3;/h5-6,12H,4H2,1-3H3;1H. The van der Waals surface area contributed by atoms with Gasteiger partial charge in [-0.15, -0.1) is 0 Å². The number of ether oxygens (including phenoxy) is 1. The van der Waals surface area contributed by atoms with Crippen LogP contribution >= 0.6 is 0 Å². The largest absolute Gasteiger partial charge is 1.00 e. The van der Waals surface area contributed by atoms with Gasteiger partial charge in [-0.1, -0.05) is 6.92 Å². The minimum atomic E-state index is 0. The van der Waals surface area contributed by atoms with Crippen molar-refractivity contribution in [2.75, 3.05) is 19.7 Å². The van der Waals surface area contributed by atoms with Crippen molar-refractivity contribution in [3.05, 3.63) is 18.0 Å². The van der Waals surface area contributed by atoms with Gasteiger partial charge >= 0.3 is 0 Å². The van der Waals surface area contributed by atoms with Crippen molar-refractivity contribution >= 4 is 5.69 Å². The lowest BCUT2D eigenvalue weighted by atomic mass is 10.2. The Bertz CT molecular complexity index is 289. The summed E-state index contributed by atoms with van der Waals surface area (Å²) in [6.45, 7) is 1.98. The maximum Gasteiger partial charge on any atom is 0.277 e. The number of nitrogens with one attached hydrogen (secondary N) is 1. The van der Waals surface area contributed by atoms with Crippen LogP contribution in [0.5, 0.6) is 5.75 Å². The highest BCUT2D eigenvalue weighted by atomic mass is 127. The second-order valence-electron chi connectivity index (χ2n) is 2.68. The van der Waals surface area contributed by atoms with Crippen LogP contribution in [0.25, 0.3) is 0 Å². The van der Waals surface area contributed by atoms with Gasteiger partial charge in [0.15, 0.2) is 0 Å². The topological polar surface area (TPSA) is 54.6 Å². The molecule has 1 heterocycles. The van der Waals surface area contributed by atoms with Gasteiger partial charge in [0.1, 0.15) is 12.8 Å². The van der Waals surface area contributed by atoms with Gasteiger partial charge < -0.3 is 28.7 Å². The minimum absolute atomic E-state index is 0. The van der Waals surface area contributed by atoms with Crippen LogP contribution in [0.15, 0.2) is 12.3 Å². The van der Waals surface area contributed by atoms with Crippen molar-refractivity contribution in [1.82, 2.24) is 0 Å². The van der Waals surface area contributed by atoms with Gasteiger partial charge in [-0.3, -0.25) is 15.5 Å². The number of nitrogens with zero attached hydrogens (tertiary/aromatic N) is 1. The van der Waals surface area contributed by atoms with Crippen LogP contribution in [0.2, 0.25) is 0 Å². The molecule has 0 saturated carbocycles. The Kier molecular flexibility index (Phi) is 6.34. The number of hydrogen-bond acceptors (Lipinski definition) is 4. The van der Waals surface area contributed by atoms with Crippen LogP contribution in [-0.2, 0) is 6.42 Å². The van der Waals surface area contributed by atoms with Crippen molar-refractivity contribution in [1.29, 1.82) is 0 Å². The fourth-order valence-electron chi connectivity index (χ4n) is 1.37. The lowest BCUT2D eigenvalue weighted by molar-refractivity contribution is -0.890. The molecule has 0 aliphatic carbocycles. The van der Waals surface area contributed by atoms with Gasteiger partial charge in [0, 0.05) is 17.2 Å². The fraction of sp³-hybridized carbons (Fsp3) is 0.444. The molecule has 0 aliphatic heterocycles. The molecule has 6 heteroatoms. The molecule has 15 heavy (non-hydrogen) atoms. The van der Waals surface area contributed by atoms with E-state index in [1.54, 1.807) is 31.2 Å². The Morgan fingerprint density at radius 3 is 2.53 bits per heavy atom. The van der Waals surface area contributed by atoms with E-state index in [1.807, 2.05) is 6.92 Å². The first kappa shape index (κ1) is 14.2. The predicted molar refractivity (Wildman–Crippen MR) is 50.5 cm³/mol. The average Bonchev–Trinajstić information content (AvgIpc) is 2.26. The summed E-state index contributed by atoms with van der Waals surface area (Å²) in [4.78, 5) is 5.11. The van der Waals surface area contributed by atoms with Gasteiger partial charge in [-0.2, -0.15) is 0 Å². The molecule has 0 amide bonds. The predicted octanol–water partition coefficient (Wildman–Crippen LogP) is -2.59. The zero-order chi connectivity index (χ0) is 10.6. The SMILES string of the molecule is CCc1c(OC)c(NO)cc[n+]1OC.[I-]. The van der Waals surface area contributed by atoms with Crippen LogP contribution in [0, 0.1) is 0 Å². The van der Waals surface area contributed by atoms with Crippen LogP contribution in [0.3, 0.4) is 0 Å². The summed E-state index contributed by atoms with van der Waals surface area (Å²) in [5.41, 5.74) is 3.46. The van der Waals surface area contributed by atoms with E-state index in [9.17, 15) is 0 Å². The van der Waals surface area contributed by atoms with E-state index in [1.165, 1.54) is 0 Å². The highest BCUT2D eigenvalue weighted by Crippen LogP contribution is 2.25. The molecule has 0 bridgehead atoms. The van der Waals surface area contributed by atoms with E-state index >= 15 is 0 Å². The zero-order valence-electron chi connectivity index (χ0n) is 8.95. The third-order valence-electron chi connectivity index (χ3n) is 2.01. The Balaban J connectivity index is 0.00000196. The number of hydrogen-bond donors (Lipinski definition) is 2. The molecule has 0 aliphatic rings. The molecular formula is C9H15IN2O3. The molecule has 1 rings (SSSR count). The summed E-state index contributed by atoms with van der Waals surface area (Å²) in [6.07, 6.45) is 2.45. The first-order valence-electron chi connectivity index (χ1n) is 4.34. The lowest BCUT2D eigenvalue weighted by Crippen LogP contribution is -3.00. The number of methoxy groups -OCH3 is 1. The van der Waals surface area contributed by atoms with E-state index < -0.39 is 0 Å². The first-order valence-corrected chi connectivity index (χ1v) is 4.34. The van der Waals surface area contributed by atoms with Crippen molar-refractivity contribution in [3.8, 4) is 5.75 Å². The van der Waals surface area contributed by atoms with Gasteiger partial charge in [0.05, 0.1) is 7.11 Å². The summed E-state index contributed by atoms with van der Waals surface area (Å²) in [5, 5.41) is 8.85. The quantitative estimate of drug-likeness (QED) is 0.362. The normalized spacial score (nSPS) is 9.07. The second kappa shape index (κ2) is 6.67. The van der Waals surface area contributed by atoms with E-state index in [0.29, 0.717) is 11.4 Å². The number of anilines is 1. The molecule has 1 aromatic rings. The fourth-order valence-corrected chi connectivity index (χ4v) is 1.37. The average molecular weight is 326 g/mol. The molecule has 1 aromatic heterocycles. The summed E-state index contributed by atoms with van der Waals surface area (Å²) in [7, 11) is 3.12. The summed E-state index contributed by atoms with van der Waals surface area (Å²) in [5.74, 6) is 0.583. The molecule has 2 N–H and O–H groups in total. The molecule has 0 saturated heterocycles. The van der Waals surface area contributed by atoms with Crippen molar-refractivity contribution in [3.63, 3.8) is 0 Å². The highest BCUT2D eigenvalue weighted by Gasteiger charge is 2.20. The molecule has 0 unspecified atom stereocenters. The van der Waals surface area contributed by atoms with Crippen LogP contribution in [0.4, 0.5) is 5.69 Å². The number of aromatic nitrogens is 1. The Morgan fingerprint density at radius 1 is 1.47 bits per heavy atom. The van der Waals surface area contributed by atoms with Gasteiger partial charge in [0.25, 0.3) is 5.69 Å². The molecule has 0 fully saturated rings. The molecule has 0 atom stereocenters. The van der Waals surface area contributed by atoms with E-state index in [0.717, 1.165) is 12.1 Å². The molecule has 0 radical (unpaired) electrons. The smallest absolute Gasteiger partial charge is 0.277 e. The lowest BCUT2D eigenvalue weighted by Gasteiger charge is -2.08. The van der Waals surface area contributed by atoms with Crippen LogP contribution in [-0.4, -0.2) is 19.4 Å². The highest BCUT2D eigenvalue weighted by molar-refractivity contribution is 5.54. The summed E-state index contributed by atoms with van der Waals surface area (Å²) in [6, 6.07) is 1.67. The maximum atomic E-state index is 8.85. The number of halogens is 1. The third-order valence-corrected chi connectivity index (χ3v) is 2.01. The third kappa shape index (κ3) is 2.85. The van der Waals surface area contributed by atoms with Gasteiger partial charge in [0.2, 0.25) is 11.9 Å². The Morgan fingerprint density at radius 2 is 2.13 bits per heavy atom. The Hall–Kier alpha value is -0.760. The van der Waals surface area contributed by atoms with E-state index in [-0.39, 0.29) is 24.0 Å². The maximum absolute atomic E-state index is 8.85. The molecule has 5 nitrogen and oxygen atoms in total. The summed E-state index contributed by atoms with van der Waals surface area (Å²) >= 11 is 0. The monoisotopic (exact) mass is 326 g/mol. The minimum Gasteiger partial charge on any atom is -1.00 e. The zero-order valence-corrected chi connectivity index (χ0v) is 11.1. The molecular weight excluding hydrogens is 311 g/mol. The van der Waals surface area contributed by atoms with E-state index in [4.69, 9.17) is 14.8 Å². The van der Waals surface area contributed by atoms with Crippen molar-refractivity contribution in [2.45, 2.75) is 13.3 Å². The van der Waals surface area contributed by atoms with Gasteiger partial charge in [-0.05, 0) is 0 Å². The molecule has 0 spiro atoms. The second-order valence-corrected chi connectivity index (χ2v) is 2.68. The van der Waals surface area contributed by atoms with Crippen LogP contribution in [0.1, 0.15) is 12.6 Å². The van der Waals surface area contributed by atoms with Gasteiger partial charge in [-0.25, -0.2) is 0 Å². The number of rotatable bonds is 4. The Labute approximate surface area is 106 Å². The van der Waals surface area contributed by atoms with Crippen LogP contribution < -0.4 is 43.8 Å². The molecule has 0 aromatic carbocycles. The van der Waals surface area contributed by atoms with E-state index in [2.05, 4.69) is 5.48 Å². The number of pyridine rings is 1. The van der Waals surface area contributed by atoms with Crippen molar-refractivity contribution < 1.29 is 43.5 Å². The first-order chi connectivity index (χ1) is 6.78. The molecule has 86 valence electrons. The van der Waals surface area contributed by atoms with Crippen molar-refractivity contribution in [2.24, 2.45) is 0 Å².